The molecule has 9 heteroatoms. The van der Waals surface area contributed by atoms with Gasteiger partial charge in [-0.3, -0.25) is 14.0 Å². The van der Waals surface area contributed by atoms with Crippen LogP contribution in [-0.4, -0.2) is 49.2 Å². The van der Waals surface area contributed by atoms with E-state index in [1.54, 1.807) is 25.0 Å². The van der Waals surface area contributed by atoms with Gasteiger partial charge in [0.05, 0.1) is 5.69 Å². The van der Waals surface area contributed by atoms with Gasteiger partial charge in [-0.05, 0) is 19.1 Å². The highest BCUT2D eigenvalue weighted by molar-refractivity contribution is 5.74. The Morgan fingerprint density at radius 2 is 2.04 bits per heavy atom. The lowest BCUT2D eigenvalue weighted by atomic mass is 10.0. The molecule has 1 saturated heterocycles. The summed E-state index contributed by atoms with van der Waals surface area (Å²) in [4.78, 5) is 19.0. The fourth-order valence-corrected chi connectivity index (χ4v) is 3.00. The van der Waals surface area contributed by atoms with Crippen LogP contribution in [0.5, 0.6) is 0 Å². The first-order chi connectivity index (χ1) is 12.0. The van der Waals surface area contributed by atoms with E-state index in [0.29, 0.717) is 22.9 Å². The first-order valence-electron chi connectivity index (χ1n) is 8.21. The van der Waals surface area contributed by atoms with E-state index in [-0.39, 0.29) is 5.56 Å². The molecule has 3 aromatic rings. The zero-order chi connectivity index (χ0) is 17.6. The first kappa shape index (κ1) is 15.6. The highest BCUT2D eigenvalue weighted by Crippen LogP contribution is 2.22. The fraction of sp³-hybridized carbons (Fsp3) is 0.438. The van der Waals surface area contributed by atoms with E-state index < -0.39 is 0 Å². The molecule has 9 nitrogen and oxygen atoms in total. The van der Waals surface area contributed by atoms with E-state index in [0.717, 1.165) is 31.1 Å². The van der Waals surface area contributed by atoms with Crippen LogP contribution >= 0.6 is 0 Å². The summed E-state index contributed by atoms with van der Waals surface area (Å²) in [5.74, 6) is 1.92. The topological polar surface area (TPSA) is 93.8 Å². The van der Waals surface area contributed by atoms with Crippen LogP contribution in [0.3, 0.4) is 0 Å². The molecule has 0 aromatic carbocycles. The summed E-state index contributed by atoms with van der Waals surface area (Å²) in [7, 11) is 3.50. The molecule has 0 amide bonds. The van der Waals surface area contributed by atoms with Crippen molar-refractivity contribution < 1.29 is 0 Å². The number of anilines is 2. The molecular formula is C16H20N8O. The van der Waals surface area contributed by atoms with Crippen molar-refractivity contribution in [3.63, 3.8) is 0 Å². The minimum atomic E-state index is -0.0919. The molecule has 0 atom stereocenters. The SMILES string of the molecule is Cc1ccc(N2CC(CNc3nc4nn(C)cc4c(=O)n3C)C2)nn1. The number of nitrogens with zero attached hydrogens (tertiary/aromatic N) is 7. The molecule has 0 saturated carbocycles. The fourth-order valence-electron chi connectivity index (χ4n) is 3.00. The number of hydrogen-bond donors (Lipinski definition) is 1. The van der Waals surface area contributed by atoms with Gasteiger partial charge < -0.3 is 10.2 Å². The van der Waals surface area contributed by atoms with Crippen LogP contribution in [0.15, 0.2) is 23.1 Å². The van der Waals surface area contributed by atoms with Crippen molar-refractivity contribution in [1.29, 1.82) is 0 Å². The van der Waals surface area contributed by atoms with Crippen molar-refractivity contribution >= 4 is 22.8 Å². The van der Waals surface area contributed by atoms with Gasteiger partial charge in [-0.15, -0.1) is 5.10 Å². The minimum Gasteiger partial charge on any atom is -0.355 e. The molecule has 1 aliphatic rings. The molecule has 1 fully saturated rings. The van der Waals surface area contributed by atoms with Crippen molar-refractivity contribution in [2.45, 2.75) is 6.92 Å². The second-order valence-electron chi connectivity index (χ2n) is 6.52. The third-order valence-electron chi connectivity index (χ3n) is 4.49. The maximum Gasteiger partial charge on any atom is 0.265 e. The van der Waals surface area contributed by atoms with Gasteiger partial charge in [0.25, 0.3) is 5.56 Å². The van der Waals surface area contributed by atoms with Crippen molar-refractivity contribution in [3.8, 4) is 0 Å². The Balaban J connectivity index is 1.41. The Morgan fingerprint density at radius 1 is 1.24 bits per heavy atom. The van der Waals surface area contributed by atoms with E-state index >= 15 is 0 Å². The lowest BCUT2D eigenvalue weighted by Crippen LogP contribution is -2.50. The van der Waals surface area contributed by atoms with E-state index in [9.17, 15) is 4.79 Å². The quantitative estimate of drug-likeness (QED) is 0.731. The molecule has 25 heavy (non-hydrogen) atoms. The zero-order valence-electron chi connectivity index (χ0n) is 14.5. The van der Waals surface area contributed by atoms with E-state index in [4.69, 9.17) is 0 Å². The van der Waals surface area contributed by atoms with Gasteiger partial charge in [-0.25, -0.2) is 0 Å². The van der Waals surface area contributed by atoms with Gasteiger partial charge in [0.2, 0.25) is 5.95 Å². The summed E-state index contributed by atoms with van der Waals surface area (Å²) in [6.45, 7) is 4.48. The van der Waals surface area contributed by atoms with Gasteiger partial charge in [-0.2, -0.15) is 15.2 Å². The summed E-state index contributed by atoms with van der Waals surface area (Å²) in [6, 6.07) is 3.96. The van der Waals surface area contributed by atoms with Crippen molar-refractivity contribution in [3.05, 3.63) is 34.4 Å². The van der Waals surface area contributed by atoms with Gasteiger partial charge in [0.1, 0.15) is 5.39 Å². The molecule has 4 rings (SSSR count). The number of fused-ring (bicyclic) bond motifs is 1. The Labute approximate surface area is 144 Å². The molecule has 3 aromatic heterocycles. The first-order valence-corrected chi connectivity index (χ1v) is 8.21. The zero-order valence-corrected chi connectivity index (χ0v) is 14.5. The maximum atomic E-state index is 12.4. The number of nitrogens with one attached hydrogen (secondary N) is 1. The Bertz CT molecular complexity index is 968. The molecule has 4 heterocycles. The maximum absolute atomic E-state index is 12.4. The third kappa shape index (κ3) is 2.81. The molecule has 0 unspecified atom stereocenters. The summed E-state index contributed by atoms with van der Waals surface area (Å²) in [6.07, 6.45) is 1.70. The Hall–Kier alpha value is -2.97. The minimum absolute atomic E-state index is 0.0919. The number of hydrogen-bond acceptors (Lipinski definition) is 7. The van der Waals surface area contributed by atoms with E-state index in [1.807, 2.05) is 19.1 Å². The molecule has 0 bridgehead atoms. The lowest BCUT2D eigenvalue weighted by Gasteiger charge is -2.40. The normalized spacial score (nSPS) is 14.8. The third-order valence-corrected chi connectivity index (χ3v) is 4.49. The van der Waals surface area contributed by atoms with Gasteiger partial charge >= 0.3 is 0 Å². The molecule has 0 spiro atoms. The van der Waals surface area contributed by atoms with Crippen LogP contribution in [0.25, 0.3) is 11.0 Å². The molecule has 0 radical (unpaired) electrons. The van der Waals surface area contributed by atoms with Crippen LogP contribution < -0.4 is 15.8 Å². The van der Waals surface area contributed by atoms with Crippen LogP contribution in [0.2, 0.25) is 0 Å². The average Bonchev–Trinajstić information content (AvgIpc) is 2.92. The molecule has 1 aliphatic heterocycles. The smallest absolute Gasteiger partial charge is 0.265 e. The predicted octanol–water partition coefficient (Wildman–Crippen LogP) is 0.314. The van der Waals surface area contributed by atoms with E-state index in [1.165, 1.54) is 4.57 Å². The molecule has 130 valence electrons. The van der Waals surface area contributed by atoms with Gasteiger partial charge in [0.15, 0.2) is 11.5 Å². The number of aromatic nitrogens is 6. The second kappa shape index (κ2) is 5.83. The number of aryl methyl sites for hydroxylation is 2. The average molecular weight is 340 g/mol. The van der Waals surface area contributed by atoms with Crippen LogP contribution in [0, 0.1) is 12.8 Å². The molecule has 1 N–H and O–H groups in total. The summed E-state index contributed by atoms with van der Waals surface area (Å²) < 4.78 is 3.14. The second-order valence-corrected chi connectivity index (χ2v) is 6.52. The van der Waals surface area contributed by atoms with Crippen LogP contribution in [0.4, 0.5) is 11.8 Å². The molecular weight excluding hydrogens is 320 g/mol. The van der Waals surface area contributed by atoms with Gasteiger partial charge in [-0.1, -0.05) is 0 Å². The summed E-state index contributed by atoms with van der Waals surface area (Å²) in [5, 5.41) is 16.3. The largest absolute Gasteiger partial charge is 0.355 e. The number of rotatable bonds is 4. The van der Waals surface area contributed by atoms with E-state index in [2.05, 4.69) is 30.5 Å². The van der Waals surface area contributed by atoms with Crippen molar-refractivity contribution in [2.24, 2.45) is 20.0 Å². The Morgan fingerprint density at radius 3 is 2.76 bits per heavy atom. The molecule has 0 aliphatic carbocycles. The Kier molecular flexibility index (Phi) is 3.63. The van der Waals surface area contributed by atoms with Crippen LogP contribution in [-0.2, 0) is 14.1 Å². The predicted molar refractivity (Wildman–Crippen MR) is 94.7 cm³/mol. The van der Waals surface area contributed by atoms with Crippen LogP contribution in [0.1, 0.15) is 5.69 Å². The van der Waals surface area contributed by atoms with Crippen molar-refractivity contribution in [2.75, 3.05) is 29.9 Å². The lowest BCUT2D eigenvalue weighted by molar-refractivity contribution is 0.424. The highest BCUT2D eigenvalue weighted by Gasteiger charge is 2.28. The van der Waals surface area contributed by atoms with Crippen molar-refractivity contribution in [1.82, 2.24) is 29.5 Å². The standard InChI is InChI=1S/C16H20N8O/c1-10-4-5-13(20-19-10)24-7-11(8-24)6-17-16-18-14-12(9-22(2)21-14)15(25)23(16)3/h4-5,9,11H,6-8H2,1-3H3,(H,17,18,21). The highest BCUT2D eigenvalue weighted by atomic mass is 16.1. The summed E-state index contributed by atoms with van der Waals surface area (Å²) >= 11 is 0. The van der Waals surface area contributed by atoms with Gasteiger partial charge in [0, 0.05) is 45.8 Å². The summed E-state index contributed by atoms with van der Waals surface area (Å²) in [5.41, 5.74) is 1.29. The monoisotopic (exact) mass is 340 g/mol.